The van der Waals surface area contributed by atoms with Gasteiger partial charge in [0.2, 0.25) is 17.4 Å². The van der Waals surface area contributed by atoms with Crippen LogP contribution in [0.15, 0.2) is 35.3 Å². The molecule has 0 saturated heterocycles. The maximum absolute atomic E-state index is 13.0. The molecular formula is C18H26N6O6. The van der Waals surface area contributed by atoms with Crippen molar-refractivity contribution in [3.05, 3.63) is 35.9 Å². The number of imide groups is 1. The molecule has 12 heteroatoms. The van der Waals surface area contributed by atoms with Crippen LogP contribution in [0.25, 0.3) is 0 Å². The fourth-order valence-corrected chi connectivity index (χ4v) is 2.73. The Hall–Kier alpha value is -3.51. The number of guanidine groups is 1. The smallest absolute Gasteiger partial charge is 0.344 e. The van der Waals surface area contributed by atoms with Crippen LogP contribution < -0.4 is 22.9 Å². The molecule has 0 heterocycles. The van der Waals surface area contributed by atoms with Crippen LogP contribution in [0, 0.1) is 0 Å². The third-order valence-electron chi connectivity index (χ3n) is 4.13. The van der Waals surface area contributed by atoms with Gasteiger partial charge >= 0.3 is 11.9 Å². The average molecular weight is 422 g/mol. The van der Waals surface area contributed by atoms with E-state index in [-0.39, 0.29) is 30.4 Å². The molecule has 12 nitrogen and oxygen atoms in total. The Kier molecular flexibility index (Phi) is 9.39. The van der Waals surface area contributed by atoms with Crippen molar-refractivity contribution in [2.75, 3.05) is 19.6 Å². The molecule has 0 aromatic heterocycles. The quantitative estimate of drug-likeness (QED) is 0.0858. The topological polar surface area (TPSA) is 217 Å². The number of carbonyl (C=O) groups is 4. The predicted octanol–water partition coefficient (Wildman–Crippen LogP) is -2.12. The number of hydrogen-bond acceptors (Lipinski definition) is 8. The summed E-state index contributed by atoms with van der Waals surface area (Å²) in [4.78, 5) is 54.0. The highest BCUT2D eigenvalue weighted by molar-refractivity contribution is 6.13. The fraction of sp³-hybridized carbons (Fsp3) is 0.389. The SMILES string of the molecule is NCC(=O)N(C(=O)CN)[C@@](CCCN=C(N)N)(C(=O)O)C(=O)OCc1ccccc1. The summed E-state index contributed by atoms with van der Waals surface area (Å²) in [6, 6.07) is 8.46. The van der Waals surface area contributed by atoms with E-state index in [2.05, 4.69) is 4.99 Å². The molecule has 1 atom stereocenters. The zero-order chi connectivity index (χ0) is 22.7. The van der Waals surface area contributed by atoms with E-state index in [1.54, 1.807) is 30.3 Å². The van der Waals surface area contributed by atoms with Crippen LogP contribution in [-0.4, -0.2) is 64.9 Å². The van der Waals surface area contributed by atoms with Gasteiger partial charge in [-0.3, -0.25) is 19.5 Å². The number of benzene rings is 1. The third kappa shape index (κ3) is 5.99. The molecule has 1 aromatic carbocycles. The van der Waals surface area contributed by atoms with E-state index < -0.39 is 48.8 Å². The summed E-state index contributed by atoms with van der Waals surface area (Å²) < 4.78 is 5.17. The van der Waals surface area contributed by atoms with Gasteiger partial charge in [0.25, 0.3) is 0 Å². The molecule has 1 rings (SSSR count). The van der Waals surface area contributed by atoms with E-state index in [1.165, 1.54) is 0 Å². The number of hydrogen-bond donors (Lipinski definition) is 5. The van der Waals surface area contributed by atoms with E-state index in [0.29, 0.717) is 5.56 Å². The van der Waals surface area contributed by atoms with Crippen LogP contribution in [-0.2, 0) is 30.5 Å². The summed E-state index contributed by atoms with van der Waals surface area (Å²) in [5.41, 5.74) is 19.1. The van der Waals surface area contributed by atoms with Crippen LogP contribution in [0.5, 0.6) is 0 Å². The second-order valence-electron chi connectivity index (χ2n) is 6.17. The number of aliphatic imine (C=N–C) groups is 1. The monoisotopic (exact) mass is 422 g/mol. The van der Waals surface area contributed by atoms with Crippen LogP contribution in [0.2, 0.25) is 0 Å². The van der Waals surface area contributed by atoms with Gasteiger partial charge in [0.1, 0.15) is 6.61 Å². The van der Waals surface area contributed by atoms with Gasteiger partial charge in [0.05, 0.1) is 13.1 Å². The number of ether oxygens (including phenoxy) is 1. The number of carbonyl (C=O) groups excluding carboxylic acids is 3. The van der Waals surface area contributed by atoms with Crippen molar-refractivity contribution in [2.45, 2.75) is 25.0 Å². The molecule has 0 aliphatic rings. The van der Waals surface area contributed by atoms with Crippen molar-refractivity contribution >= 4 is 29.7 Å². The molecule has 9 N–H and O–H groups in total. The highest BCUT2D eigenvalue weighted by atomic mass is 16.5. The van der Waals surface area contributed by atoms with E-state index in [0.717, 1.165) is 0 Å². The molecule has 164 valence electrons. The molecule has 0 bridgehead atoms. The molecule has 0 aliphatic carbocycles. The Morgan fingerprint density at radius 2 is 1.60 bits per heavy atom. The molecule has 30 heavy (non-hydrogen) atoms. The first-order valence-corrected chi connectivity index (χ1v) is 8.96. The zero-order valence-electron chi connectivity index (χ0n) is 16.3. The van der Waals surface area contributed by atoms with E-state index in [4.69, 9.17) is 27.7 Å². The molecule has 2 amide bonds. The van der Waals surface area contributed by atoms with E-state index in [1.807, 2.05) is 0 Å². The summed E-state index contributed by atoms with van der Waals surface area (Å²) in [7, 11) is 0. The van der Waals surface area contributed by atoms with Gasteiger partial charge in [0.15, 0.2) is 5.96 Å². The Morgan fingerprint density at radius 1 is 1.03 bits per heavy atom. The molecule has 0 unspecified atom stereocenters. The number of amides is 2. The predicted molar refractivity (Wildman–Crippen MR) is 106 cm³/mol. The summed E-state index contributed by atoms with van der Waals surface area (Å²) in [5, 5.41) is 9.95. The molecule has 0 radical (unpaired) electrons. The maximum Gasteiger partial charge on any atom is 0.344 e. The molecule has 0 fully saturated rings. The van der Waals surface area contributed by atoms with Gasteiger partial charge in [-0.2, -0.15) is 0 Å². The first kappa shape index (κ1) is 24.5. The van der Waals surface area contributed by atoms with Crippen molar-refractivity contribution in [2.24, 2.45) is 27.9 Å². The fourth-order valence-electron chi connectivity index (χ4n) is 2.73. The van der Waals surface area contributed by atoms with Crippen LogP contribution in [0.1, 0.15) is 18.4 Å². The number of aliphatic carboxylic acids is 1. The summed E-state index contributed by atoms with van der Waals surface area (Å²) in [6.07, 6.45) is -0.568. The largest absolute Gasteiger partial charge is 0.479 e. The van der Waals surface area contributed by atoms with Crippen LogP contribution in [0.3, 0.4) is 0 Å². The van der Waals surface area contributed by atoms with Gasteiger partial charge in [-0.15, -0.1) is 0 Å². The Labute approximate surface area is 172 Å². The summed E-state index contributed by atoms with van der Waals surface area (Å²) in [5.74, 6) is -5.51. The first-order valence-electron chi connectivity index (χ1n) is 8.96. The van der Waals surface area contributed by atoms with Crippen molar-refractivity contribution in [3.63, 3.8) is 0 Å². The molecule has 0 saturated carbocycles. The zero-order valence-corrected chi connectivity index (χ0v) is 16.3. The minimum Gasteiger partial charge on any atom is -0.479 e. The van der Waals surface area contributed by atoms with Crippen molar-refractivity contribution in [3.8, 4) is 0 Å². The van der Waals surface area contributed by atoms with E-state index >= 15 is 0 Å². The number of nitrogens with two attached hydrogens (primary N) is 4. The maximum atomic E-state index is 13.0. The number of carboxylic acids is 1. The average Bonchev–Trinajstić information content (AvgIpc) is 2.73. The van der Waals surface area contributed by atoms with Gasteiger partial charge in [-0.05, 0) is 18.4 Å². The number of rotatable bonds is 11. The highest BCUT2D eigenvalue weighted by Crippen LogP contribution is 2.26. The van der Waals surface area contributed by atoms with Crippen molar-refractivity contribution in [1.29, 1.82) is 0 Å². The number of carboxylic acid groups (broad SMARTS) is 1. The molecule has 0 spiro atoms. The van der Waals surface area contributed by atoms with Gasteiger partial charge in [0, 0.05) is 6.54 Å². The third-order valence-corrected chi connectivity index (χ3v) is 4.13. The first-order chi connectivity index (χ1) is 14.2. The minimum atomic E-state index is -2.68. The van der Waals surface area contributed by atoms with Crippen LogP contribution >= 0.6 is 0 Å². The lowest BCUT2D eigenvalue weighted by Gasteiger charge is -2.36. The van der Waals surface area contributed by atoms with Crippen LogP contribution in [0.4, 0.5) is 0 Å². The second-order valence-corrected chi connectivity index (χ2v) is 6.17. The Morgan fingerprint density at radius 3 is 2.07 bits per heavy atom. The Bertz CT molecular complexity index is 780. The van der Waals surface area contributed by atoms with E-state index in [9.17, 15) is 24.3 Å². The van der Waals surface area contributed by atoms with Gasteiger partial charge in [-0.1, -0.05) is 30.3 Å². The summed E-state index contributed by atoms with van der Waals surface area (Å²) >= 11 is 0. The van der Waals surface area contributed by atoms with Gasteiger partial charge in [-0.25, -0.2) is 9.59 Å². The number of nitrogens with zero attached hydrogens (tertiary/aromatic N) is 2. The molecule has 0 aliphatic heterocycles. The lowest BCUT2D eigenvalue weighted by molar-refractivity contribution is -0.181. The molecular weight excluding hydrogens is 396 g/mol. The van der Waals surface area contributed by atoms with Crippen molar-refractivity contribution in [1.82, 2.24) is 4.90 Å². The van der Waals surface area contributed by atoms with Crippen molar-refractivity contribution < 1.29 is 29.0 Å². The lowest BCUT2D eigenvalue weighted by Crippen LogP contribution is -2.66. The highest BCUT2D eigenvalue weighted by Gasteiger charge is 2.56. The normalized spacial score (nSPS) is 12.3. The lowest BCUT2D eigenvalue weighted by atomic mass is 9.90. The van der Waals surface area contributed by atoms with Gasteiger partial charge < -0.3 is 32.8 Å². The standard InChI is InChI=1S/C18H26N6O6/c19-9-13(25)24(14(26)10-20)18(15(27)28,7-4-8-23-17(21)22)16(29)30-11-12-5-2-1-3-6-12/h1-3,5-6H,4,7-11,19-20H2,(H,27,28)(H4,21,22,23)/t18-/m0/s1. The Balaban J connectivity index is 3.34. The molecule has 1 aromatic rings. The number of esters is 1. The second kappa shape index (κ2) is 11.5. The summed E-state index contributed by atoms with van der Waals surface area (Å²) in [6.45, 7) is -1.77. The minimum absolute atomic E-state index is 0.0508.